The summed E-state index contributed by atoms with van der Waals surface area (Å²) in [6.45, 7) is 4.69. The van der Waals surface area contributed by atoms with Crippen molar-refractivity contribution < 1.29 is 18.3 Å². The second-order valence-corrected chi connectivity index (χ2v) is 6.22. The molecular formula is C16H23F2NO2. The number of carbonyl (C=O) groups excluding carboxylic acids is 1. The molecule has 5 heteroatoms. The SMILES string of the molecule is Cc1cccc(CNC(=O)[C@@H](COC(F)F)C(C)(C)C)c1. The quantitative estimate of drug-likeness (QED) is 0.873. The highest BCUT2D eigenvalue weighted by atomic mass is 19.3. The van der Waals surface area contributed by atoms with E-state index in [9.17, 15) is 13.6 Å². The first-order valence-electron chi connectivity index (χ1n) is 6.93. The topological polar surface area (TPSA) is 38.3 Å². The Bertz CT molecular complexity index is 470. The fourth-order valence-corrected chi connectivity index (χ4v) is 2.02. The Morgan fingerprint density at radius 2 is 2.00 bits per heavy atom. The summed E-state index contributed by atoms with van der Waals surface area (Å²) >= 11 is 0. The molecule has 1 amide bonds. The van der Waals surface area contributed by atoms with E-state index in [1.165, 1.54) is 0 Å². The minimum atomic E-state index is -2.86. The summed E-state index contributed by atoms with van der Waals surface area (Å²) in [7, 11) is 0. The molecule has 0 bridgehead atoms. The third kappa shape index (κ3) is 6.21. The van der Waals surface area contributed by atoms with Crippen molar-refractivity contribution in [1.29, 1.82) is 0 Å². The van der Waals surface area contributed by atoms with E-state index in [1.54, 1.807) is 0 Å². The van der Waals surface area contributed by atoms with Crippen molar-refractivity contribution in [2.75, 3.05) is 6.61 Å². The summed E-state index contributed by atoms with van der Waals surface area (Å²) in [6, 6.07) is 7.77. The Kier molecular flexibility index (Phi) is 6.27. The lowest BCUT2D eigenvalue weighted by atomic mass is 9.80. The number of carbonyl (C=O) groups is 1. The summed E-state index contributed by atoms with van der Waals surface area (Å²) in [5, 5.41) is 2.79. The van der Waals surface area contributed by atoms with Gasteiger partial charge in [-0.3, -0.25) is 4.79 Å². The van der Waals surface area contributed by atoms with Crippen LogP contribution >= 0.6 is 0 Å². The Balaban J connectivity index is 2.64. The molecule has 0 aliphatic rings. The van der Waals surface area contributed by atoms with Crippen LogP contribution in [0.25, 0.3) is 0 Å². The van der Waals surface area contributed by atoms with Crippen molar-refractivity contribution in [3.05, 3.63) is 35.4 Å². The van der Waals surface area contributed by atoms with Crippen LogP contribution in [-0.2, 0) is 16.1 Å². The van der Waals surface area contributed by atoms with Crippen LogP contribution in [0.4, 0.5) is 8.78 Å². The predicted molar refractivity (Wildman–Crippen MR) is 77.9 cm³/mol. The van der Waals surface area contributed by atoms with Crippen LogP contribution in [0, 0.1) is 18.3 Å². The first kappa shape index (κ1) is 17.6. The molecule has 0 saturated carbocycles. The second kappa shape index (κ2) is 7.50. The molecular weight excluding hydrogens is 276 g/mol. The van der Waals surface area contributed by atoms with Crippen LogP contribution < -0.4 is 5.32 Å². The molecule has 0 spiro atoms. The van der Waals surface area contributed by atoms with Crippen molar-refractivity contribution in [2.45, 2.75) is 40.9 Å². The molecule has 0 aliphatic carbocycles. The van der Waals surface area contributed by atoms with Gasteiger partial charge in [0.2, 0.25) is 5.91 Å². The van der Waals surface area contributed by atoms with Crippen molar-refractivity contribution in [1.82, 2.24) is 5.32 Å². The van der Waals surface area contributed by atoms with E-state index in [2.05, 4.69) is 10.1 Å². The lowest BCUT2D eigenvalue weighted by Gasteiger charge is -2.29. The fourth-order valence-electron chi connectivity index (χ4n) is 2.02. The van der Waals surface area contributed by atoms with Gasteiger partial charge in [0.1, 0.15) is 0 Å². The molecule has 1 rings (SSSR count). The van der Waals surface area contributed by atoms with Gasteiger partial charge in [-0.15, -0.1) is 0 Å². The molecule has 1 N–H and O–H groups in total. The van der Waals surface area contributed by atoms with Gasteiger partial charge >= 0.3 is 6.61 Å². The van der Waals surface area contributed by atoms with Gasteiger partial charge in [0.25, 0.3) is 0 Å². The number of hydrogen-bond acceptors (Lipinski definition) is 2. The van der Waals surface area contributed by atoms with Crippen molar-refractivity contribution in [3.8, 4) is 0 Å². The van der Waals surface area contributed by atoms with Gasteiger partial charge in [0, 0.05) is 6.54 Å². The number of halogens is 2. The Morgan fingerprint density at radius 1 is 1.33 bits per heavy atom. The van der Waals surface area contributed by atoms with E-state index in [0.29, 0.717) is 6.54 Å². The van der Waals surface area contributed by atoms with Crippen molar-refractivity contribution in [2.24, 2.45) is 11.3 Å². The number of hydrogen-bond donors (Lipinski definition) is 1. The zero-order valence-electron chi connectivity index (χ0n) is 13.0. The molecule has 0 aromatic heterocycles. The van der Waals surface area contributed by atoms with E-state index in [-0.39, 0.29) is 12.5 Å². The van der Waals surface area contributed by atoms with Crippen LogP contribution in [0.1, 0.15) is 31.9 Å². The van der Waals surface area contributed by atoms with Crippen molar-refractivity contribution >= 4 is 5.91 Å². The number of nitrogens with one attached hydrogen (secondary N) is 1. The number of alkyl halides is 2. The Morgan fingerprint density at radius 3 is 2.52 bits per heavy atom. The Hall–Kier alpha value is -1.49. The number of benzene rings is 1. The van der Waals surface area contributed by atoms with Crippen molar-refractivity contribution in [3.63, 3.8) is 0 Å². The van der Waals surface area contributed by atoms with Gasteiger partial charge < -0.3 is 10.1 Å². The minimum Gasteiger partial charge on any atom is -0.352 e. The van der Waals surface area contributed by atoms with Crippen LogP contribution in [0.3, 0.4) is 0 Å². The number of ether oxygens (including phenoxy) is 1. The maximum absolute atomic E-state index is 12.2. The predicted octanol–water partition coefficient (Wildman–Crippen LogP) is 3.51. The van der Waals surface area contributed by atoms with Gasteiger partial charge in [-0.05, 0) is 17.9 Å². The van der Waals surface area contributed by atoms with Crippen LogP contribution in [0.15, 0.2) is 24.3 Å². The third-order valence-electron chi connectivity index (χ3n) is 3.30. The monoisotopic (exact) mass is 299 g/mol. The average Bonchev–Trinajstić information content (AvgIpc) is 2.34. The molecule has 0 radical (unpaired) electrons. The molecule has 1 aromatic carbocycles. The van der Waals surface area contributed by atoms with Crippen LogP contribution in [0.5, 0.6) is 0 Å². The second-order valence-electron chi connectivity index (χ2n) is 6.22. The van der Waals surface area contributed by atoms with Crippen LogP contribution in [0.2, 0.25) is 0 Å². The summed E-state index contributed by atoms with van der Waals surface area (Å²) in [6.07, 6.45) is 0. The summed E-state index contributed by atoms with van der Waals surface area (Å²) < 4.78 is 28.7. The fraction of sp³-hybridized carbons (Fsp3) is 0.562. The first-order chi connectivity index (χ1) is 9.70. The summed E-state index contributed by atoms with van der Waals surface area (Å²) in [4.78, 5) is 12.2. The van der Waals surface area contributed by atoms with Gasteiger partial charge in [-0.2, -0.15) is 8.78 Å². The van der Waals surface area contributed by atoms with E-state index in [4.69, 9.17) is 0 Å². The lowest BCUT2D eigenvalue weighted by molar-refractivity contribution is -0.156. The lowest BCUT2D eigenvalue weighted by Crippen LogP contribution is -2.40. The third-order valence-corrected chi connectivity index (χ3v) is 3.30. The van der Waals surface area contributed by atoms with E-state index < -0.39 is 17.9 Å². The smallest absolute Gasteiger partial charge is 0.345 e. The molecule has 1 atom stereocenters. The average molecular weight is 299 g/mol. The standard InChI is InChI=1S/C16H23F2NO2/c1-11-6-5-7-12(8-11)9-19-14(20)13(16(2,3)4)10-21-15(17)18/h5-8,13,15H,9-10H2,1-4H3,(H,19,20)/t13-/m1/s1. The molecule has 118 valence electrons. The highest BCUT2D eigenvalue weighted by Crippen LogP contribution is 2.27. The number of aryl methyl sites for hydroxylation is 1. The number of amides is 1. The highest BCUT2D eigenvalue weighted by molar-refractivity contribution is 5.79. The molecule has 0 aliphatic heterocycles. The molecule has 0 unspecified atom stereocenters. The van der Waals surface area contributed by atoms with E-state index in [1.807, 2.05) is 52.0 Å². The van der Waals surface area contributed by atoms with Crippen LogP contribution in [-0.4, -0.2) is 19.1 Å². The first-order valence-corrected chi connectivity index (χ1v) is 6.93. The maximum Gasteiger partial charge on any atom is 0.345 e. The molecule has 0 fully saturated rings. The zero-order valence-corrected chi connectivity index (χ0v) is 13.0. The van der Waals surface area contributed by atoms with Gasteiger partial charge in [-0.1, -0.05) is 50.6 Å². The maximum atomic E-state index is 12.2. The number of rotatable bonds is 6. The largest absolute Gasteiger partial charge is 0.352 e. The molecule has 21 heavy (non-hydrogen) atoms. The van der Waals surface area contributed by atoms with Gasteiger partial charge in [-0.25, -0.2) is 0 Å². The molecule has 1 aromatic rings. The normalized spacial score (nSPS) is 13.3. The van der Waals surface area contributed by atoms with Gasteiger partial charge in [0.15, 0.2) is 0 Å². The Labute approximate surface area is 124 Å². The zero-order chi connectivity index (χ0) is 16.0. The minimum absolute atomic E-state index is 0.273. The molecule has 0 saturated heterocycles. The highest BCUT2D eigenvalue weighted by Gasteiger charge is 2.32. The van der Waals surface area contributed by atoms with E-state index >= 15 is 0 Å². The van der Waals surface area contributed by atoms with Gasteiger partial charge in [0.05, 0.1) is 12.5 Å². The molecule has 3 nitrogen and oxygen atoms in total. The van der Waals surface area contributed by atoms with E-state index in [0.717, 1.165) is 11.1 Å². The molecule has 0 heterocycles. The summed E-state index contributed by atoms with van der Waals surface area (Å²) in [5.41, 5.74) is 1.63. The summed E-state index contributed by atoms with van der Waals surface area (Å²) in [5.74, 6) is -0.902.